The average molecular weight is 321 g/mol. The van der Waals surface area contributed by atoms with Gasteiger partial charge in [0.2, 0.25) is 0 Å². The predicted molar refractivity (Wildman–Crippen MR) is 77.1 cm³/mol. The van der Waals surface area contributed by atoms with Gasteiger partial charge in [0.25, 0.3) is 17.8 Å². The topological polar surface area (TPSA) is 55.3 Å². The fraction of sp³-hybridized carbons (Fsp3) is 0.625. The van der Waals surface area contributed by atoms with Gasteiger partial charge < -0.3 is 13.8 Å². The van der Waals surface area contributed by atoms with E-state index in [4.69, 9.17) is 8.94 Å². The predicted octanol–water partition coefficient (Wildman–Crippen LogP) is 3.74. The van der Waals surface area contributed by atoms with Crippen LogP contribution in [0.15, 0.2) is 27.5 Å². The highest BCUT2D eigenvalue weighted by molar-refractivity contribution is 5.52. The molecule has 0 N–H and O–H groups in total. The minimum absolute atomic E-state index is 0.390. The molecule has 0 bridgehead atoms. The molecule has 23 heavy (non-hydrogen) atoms. The van der Waals surface area contributed by atoms with Crippen molar-refractivity contribution in [2.75, 3.05) is 18.0 Å². The summed E-state index contributed by atoms with van der Waals surface area (Å²) < 4.78 is 39.1. The molecule has 0 atom stereocenters. The fourth-order valence-electron chi connectivity index (χ4n) is 4.79. The van der Waals surface area contributed by atoms with E-state index in [1.807, 2.05) is 4.90 Å². The summed E-state index contributed by atoms with van der Waals surface area (Å²) in [6.45, 7) is 1.11. The van der Waals surface area contributed by atoms with Crippen molar-refractivity contribution in [1.29, 1.82) is 0 Å². The number of hydrogen-bond donors (Lipinski definition) is 0. The Bertz CT molecular complexity index is 728. The number of fused-ring (bicyclic) bond motifs is 1. The number of halogens is 2. The Morgan fingerprint density at radius 2 is 1.83 bits per heavy atom. The highest BCUT2D eigenvalue weighted by Crippen LogP contribution is 2.85. The van der Waals surface area contributed by atoms with Crippen LogP contribution in [0.4, 0.5) is 14.7 Å². The second kappa shape index (κ2) is 4.13. The first kappa shape index (κ1) is 13.5. The molecule has 3 fully saturated rings. The van der Waals surface area contributed by atoms with Crippen LogP contribution in [0.1, 0.15) is 32.1 Å². The molecule has 3 heterocycles. The first-order valence-corrected chi connectivity index (χ1v) is 8.09. The van der Waals surface area contributed by atoms with Crippen LogP contribution < -0.4 is 4.90 Å². The van der Waals surface area contributed by atoms with Gasteiger partial charge in [-0.2, -0.15) is 4.98 Å². The maximum atomic E-state index is 14.4. The van der Waals surface area contributed by atoms with Crippen molar-refractivity contribution in [3.63, 3.8) is 0 Å². The van der Waals surface area contributed by atoms with Gasteiger partial charge in [-0.1, -0.05) is 6.42 Å². The second-order valence-electron chi connectivity index (χ2n) is 6.99. The lowest BCUT2D eigenvalue weighted by atomic mass is 9.72. The largest absolute Gasteiger partial charge is 0.472 e. The molecule has 7 heteroatoms. The van der Waals surface area contributed by atoms with Crippen molar-refractivity contribution in [2.45, 2.75) is 38.0 Å². The summed E-state index contributed by atoms with van der Waals surface area (Å²) >= 11 is 0. The molecule has 2 saturated carbocycles. The Morgan fingerprint density at radius 1 is 1.09 bits per heavy atom. The summed E-state index contributed by atoms with van der Waals surface area (Å²) in [6.07, 6.45) is 6.41. The van der Waals surface area contributed by atoms with Crippen molar-refractivity contribution in [2.24, 2.45) is 10.8 Å². The van der Waals surface area contributed by atoms with Crippen LogP contribution in [0.2, 0.25) is 0 Å². The molecule has 5 rings (SSSR count). The third kappa shape index (κ3) is 1.46. The van der Waals surface area contributed by atoms with Crippen LogP contribution in [0.5, 0.6) is 0 Å². The van der Waals surface area contributed by atoms with Crippen LogP contribution in [0, 0.1) is 10.8 Å². The zero-order chi connectivity index (χ0) is 15.7. The van der Waals surface area contributed by atoms with E-state index in [1.54, 1.807) is 6.07 Å². The van der Waals surface area contributed by atoms with Gasteiger partial charge in [0.1, 0.15) is 6.26 Å². The van der Waals surface area contributed by atoms with Crippen molar-refractivity contribution in [3.8, 4) is 11.5 Å². The van der Waals surface area contributed by atoms with Crippen molar-refractivity contribution < 1.29 is 17.7 Å². The number of alkyl halides is 2. The van der Waals surface area contributed by atoms with Gasteiger partial charge in [-0.25, -0.2) is 8.78 Å². The Kier molecular flexibility index (Phi) is 2.43. The molecule has 2 spiro atoms. The van der Waals surface area contributed by atoms with Crippen LogP contribution >= 0.6 is 0 Å². The summed E-state index contributed by atoms with van der Waals surface area (Å²) in [4.78, 5) is 6.30. The Balaban J connectivity index is 1.33. The van der Waals surface area contributed by atoms with Gasteiger partial charge in [-0.3, -0.25) is 0 Å². The Labute approximate surface area is 131 Å². The van der Waals surface area contributed by atoms with Gasteiger partial charge in [0, 0.05) is 23.9 Å². The molecule has 122 valence electrons. The zero-order valence-electron chi connectivity index (χ0n) is 12.6. The molecular weight excluding hydrogens is 304 g/mol. The molecule has 0 aromatic carbocycles. The summed E-state index contributed by atoms with van der Waals surface area (Å²) in [6, 6.07) is 1.74. The van der Waals surface area contributed by atoms with E-state index in [0.717, 1.165) is 12.0 Å². The molecule has 2 aliphatic carbocycles. The van der Waals surface area contributed by atoms with E-state index < -0.39 is 16.8 Å². The van der Waals surface area contributed by atoms with E-state index in [1.165, 1.54) is 12.5 Å². The number of rotatable bonds is 2. The van der Waals surface area contributed by atoms with Gasteiger partial charge in [0.15, 0.2) is 0 Å². The maximum absolute atomic E-state index is 14.4. The lowest BCUT2D eigenvalue weighted by Gasteiger charge is -2.36. The van der Waals surface area contributed by atoms with Crippen molar-refractivity contribution >= 4 is 5.95 Å². The van der Waals surface area contributed by atoms with E-state index in [2.05, 4.69) is 10.1 Å². The van der Waals surface area contributed by atoms with Gasteiger partial charge in [-0.05, 0) is 36.9 Å². The smallest absolute Gasteiger partial charge is 0.266 e. The lowest BCUT2D eigenvalue weighted by Crippen LogP contribution is -2.38. The van der Waals surface area contributed by atoms with Gasteiger partial charge >= 0.3 is 0 Å². The molecule has 2 aromatic heterocycles. The molecule has 3 aliphatic rings. The molecule has 5 nitrogen and oxygen atoms in total. The van der Waals surface area contributed by atoms with Crippen LogP contribution in [0.25, 0.3) is 11.5 Å². The molecule has 0 unspecified atom stereocenters. The zero-order valence-corrected chi connectivity index (χ0v) is 12.6. The number of hydrogen-bond acceptors (Lipinski definition) is 5. The molecule has 1 saturated heterocycles. The average Bonchev–Trinajstić information content (AvgIpc) is 3.04. The second-order valence-corrected chi connectivity index (χ2v) is 6.99. The number of furan rings is 1. The third-order valence-corrected chi connectivity index (χ3v) is 6.35. The summed E-state index contributed by atoms with van der Waals surface area (Å²) in [7, 11) is 0. The van der Waals surface area contributed by atoms with E-state index in [9.17, 15) is 8.78 Å². The van der Waals surface area contributed by atoms with Crippen LogP contribution in [-0.4, -0.2) is 29.2 Å². The summed E-state index contributed by atoms with van der Waals surface area (Å²) in [5, 5.41) is 3.98. The van der Waals surface area contributed by atoms with E-state index in [-0.39, 0.29) is 0 Å². The number of piperidine rings is 1. The first-order valence-electron chi connectivity index (χ1n) is 8.09. The summed E-state index contributed by atoms with van der Waals surface area (Å²) in [5.41, 5.74) is -0.739. The monoisotopic (exact) mass is 321 g/mol. The normalized spacial score (nSPS) is 26.4. The van der Waals surface area contributed by atoms with Crippen LogP contribution in [-0.2, 0) is 0 Å². The van der Waals surface area contributed by atoms with E-state index in [0.29, 0.717) is 50.6 Å². The maximum Gasteiger partial charge on any atom is 0.266 e. The number of nitrogens with zero attached hydrogens (tertiary/aromatic N) is 3. The highest BCUT2D eigenvalue weighted by atomic mass is 19.3. The highest BCUT2D eigenvalue weighted by Gasteiger charge is 2.91. The van der Waals surface area contributed by atoms with Crippen LogP contribution in [0.3, 0.4) is 0 Å². The Hall–Kier alpha value is -1.92. The molecule has 2 aromatic rings. The SMILES string of the molecule is FC1(F)C2(CCC2)C12CCN(c1noc(-c3ccoc3)n1)CC2. The Morgan fingerprint density at radius 3 is 2.39 bits per heavy atom. The minimum Gasteiger partial charge on any atom is -0.472 e. The van der Waals surface area contributed by atoms with Gasteiger partial charge in [0.05, 0.1) is 11.8 Å². The van der Waals surface area contributed by atoms with Gasteiger partial charge in [-0.15, -0.1) is 0 Å². The standard InChI is InChI=1S/C16H17F2N3O2/c17-16(18)14(3-1-4-14)15(16)5-7-21(8-6-15)13-19-12(23-20-13)11-2-9-22-10-11/h2,9-10H,1,3-8H2. The number of anilines is 1. The third-order valence-electron chi connectivity index (χ3n) is 6.35. The quantitative estimate of drug-likeness (QED) is 0.843. The minimum atomic E-state index is -2.48. The summed E-state index contributed by atoms with van der Waals surface area (Å²) in [5.74, 6) is -1.62. The lowest BCUT2D eigenvalue weighted by molar-refractivity contribution is 0.0203. The van der Waals surface area contributed by atoms with Crippen molar-refractivity contribution in [3.05, 3.63) is 18.6 Å². The molecule has 0 amide bonds. The fourth-order valence-corrected chi connectivity index (χ4v) is 4.79. The van der Waals surface area contributed by atoms with Crippen molar-refractivity contribution in [1.82, 2.24) is 10.1 Å². The molecule has 1 aliphatic heterocycles. The molecule has 0 radical (unpaired) electrons. The van der Waals surface area contributed by atoms with E-state index >= 15 is 0 Å². The molecular formula is C16H17F2N3O2. The first-order chi connectivity index (χ1) is 11.1. The number of aromatic nitrogens is 2.